The van der Waals surface area contributed by atoms with Gasteiger partial charge in [0.15, 0.2) is 5.13 Å². The van der Waals surface area contributed by atoms with Gasteiger partial charge in [-0.05, 0) is 31.9 Å². The summed E-state index contributed by atoms with van der Waals surface area (Å²) in [5.41, 5.74) is -0.285. The number of rotatable bonds is 7. The van der Waals surface area contributed by atoms with E-state index in [0.717, 1.165) is 5.75 Å². The van der Waals surface area contributed by atoms with E-state index in [4.69, 9.17) is 4.74 Å². The number of piperidine rings is 1. The average molecular weight is 433 g/mol. The van der Waals surface area contributed by atoms with Crippen molar-refractivity contribution in [2.24, 2.45) is 0 Å². The van der Waals surface area contributed by atoms with Crippen molar-refractivity contribution < 1.29 is 19.4 Å². The number of carbonyl (C=O) groups is 2. The standard InChI is InChI=1S/C21H28N4O4S/c1-15-18(19(27)24(2)3)30-20(22-15)23-17(26)13-25-11-9-21(28,10-12-25)14-29-16-7-5-4-6-8-16/h4-8,28H,9-14H2,1-3H3,(H,22,23,26). The Hall–Kier alpha value is -2.49. The maximum atomic E-state index is 12.4. The number of benzene rings is 1. The second kappa shape index (κ2) is 9.55. The number of likely N-dealkylation sites (tertiary alicyclic amines) is 1. The Bertz CT molecular complexity index is 876. The third-order valence-electron chi connectivity index (χ3n) is 5.05. The summed E-state index contributed by atoms with van der Waals surface area (Å²) in [6.07, 6.45) is 1.07. The molecule has 2 amide bonds. The zero-order valence-corrected chi connectivity index (χ0v) is 18.4. The molecule has 0 aliphatic carbocycles. The van der Waals surface area contributed by atoms with Gasteiger partial charge in [0.25, 0.3) is 5.91 Å². The first-order valence-electron chi connectivity index (χ1n) is 9.87. The molecule has 9 heteroatoms. The third kappa shape index (κ3) is 5.78. The van der Waals surface area contributed by atoms with Gasteiger partial charge in [-0.15, -0.1) is 0 Å². The van der Waals surface area contributed by atoms with Crippen LogP contribution in [0.3, 0.4) is 0 Å². The second-order valence-corrected chi connectivity index (χ2v) is 8.78. The van der Waals surface area contributed by atoms with Crippen LogP contribution in [0, 0.1) is 6.92 Å². The van der Waals surface area contributed by atoms with E-state index in [0.29, 0.717) is 41.6 Å². The Kier molecular flexibility index (Phi) is 7.06. The summed E-state index contributed by atoms with van der Waals surface area (Å²) in [4.78, 5) is 32.8. The molecule has 0 bridgehead atoms. The van der Waals surface area contributed by atoms with Crippen LogP contribution >= 0.6 is 11.3 Å². The van der Waals surface area contributed by atoms with Gasteiger partial charge in [0.2, 0.25) is 5.91 Å². The summed E-state index contributed by atoms with van der Waals surface area (Å²) >= 11 is 1.18. The van der Waals surface area contributed by atoms with Gasteiger partial charge in [0.05, 0.1) is 12.2 Å². The van der Waals surface area contributed by atoms with Crippen molar-refractivity contribution in [1.82, 2.24) is 14.8 Å². The summed E-state index contributed by atoms with van der Waals surface area (Å²) in [7, 11) is 3.37. The summed E-state index contributed by atoms with van der Waals surface area (Å²) in [6.45, 7) is 3.40. The topological polar surface area (TPSA) is 95.0 Å². The summed E-state index contributed by atoms with van der Waals surface area (Å²) in [6, 6.07) is 9.42. The van der Waals surface area contributed by atoms with Crippen LogP contribution in [-0.2, 0) is 4.79 Å². The molecule has 3 rings (SSSR count). The molecule has 1 aliphatic heterocycles. The number of amides is 2. The van der Waals surface area contributed by atoms with Crippen LogP contribution in [0.15, 0.2) is 30.3 Å². The number of para-hydroxylation sites is 1. The molecular weight excluding hydrogens is 404 g/mol. The molecule has 0 unspecified atom stereocenters. The number of aliphatic hydroxyl groups is 1. The SMILES string of the molecule is Cc1nc(NC(=O)CN2CCC(O)(COc3ccccc3)CC2)sc1C(=O)N(C)C. The number of hydrogen-bond acceptors (Lipinski definition) is 7. The largest absolute Gasteiger partial charge is 0.491 e. The summed E-state index contributed by atoms with van der Waals surface area (Å²) in [5.74, 6) is 0.427. The fourth-order valence-corrected chi connectivity index (χ4v) is 4.22. The highest BCUT2D eigenvalue weighted by molar-refractivity contribution is 7.17. The molecule has 1 fully saturated rings. The highest BCUT2D eigenvalue weighted by Gasteiger charge is 2.33. The minimum atomic E-state index is -0.892. The zero-order chi connectivity index (χ0) is 21.7. The first-order valence-corrected chi connectivity index (χ1v) is 10.7. The van der Waals surface area contributed by atoms with E-state index in [2.05, 4.69) is 10.3 Å². The molecule has 0 saturated carbocycles. The van der Waals surface area contributed by atoms with Crippen LogP contribution in [0.2, 0.25) is 0 Å². The molecule has 8 nitrogen and oxygen atoms in total. The lowest BCUT2D eigenvalue weighted by molar-refractivity contribution is -0.119. The van der Waals surface area contributed by atoms with Crippen LogP contribution in [0.4, 0.5) is 5.13 Å². The Labute approximate surface area is 180 Å². The number of aromatic nitrogens is 1. The van der Waals surface area contributed by atoms with Crippen LogP contribution < -0.4 is 10.1 Å². The fraction of sp³-hybridized carbons (Fsp3) is 0.476. The van der Waals surface area contributed by atoms with E-state index in [-0.39, 0.29) is 25.0 Å². The number of nitrogens with one attached hydrogen (secondary N) is 1. The Morgan fingerprint density at radius 2 is 1.93 bits per heavy atom. The van der Waals surface area contributed by atoms with E-state index in [9.17, 15) is 14.7 Å². The maximum Gasteiger partial charge on any atom is 0.265 e. The normalized spacial score (nSPS) is 16.1. The number of thiazole rings is 1. The quantitative estimate of drug-likeness (QED) is 0.695. The van der Waals surface area contributed by atoms with Gasteiger partial charge in [0.1, 0.15) is 22.8 Å². The number of aryl methyl sites for hydroxylation is 1. The van der Waals surface area contributed by atoms with E-state index in [1.807, 2.05) is 35.2 Å². The lowest BCUT2D eigenvalue weighted by Gasteiger charge is -2.37. The van der Waals surface area contributed by atoms with Gasteiger partial charge < -0.3 is 20.1 Å². The van der Waals surface area contributed by atoms with Crippen molar-refractivity contribution in [2.45, 2.75) is 25.4 Å². The van der Waals surface area contributed by atoms with E-state index >= 15 is 0 Å². The molecule has 2 N–H and O–H groups in total. The van der Waals surface area contributed by atoms with Gasteiger partial charge in [-0.3, -0.25) is 14.5 Å². The highest BCUT2D eigenvalue weighted by atomic mass is 32.1. The lowest BCUT2D eigenvalue weighted by atomic mass is 9.92. The predicted molar refractivity (Wildman–Crippen MR) is 116 cm³/mol. The minimum Gasteiger partial charge on any atom is -0.491 e. The molecule has 1 aliphatic rings. The molecule has 0 spiro atoms. The third-order valence-corrected chi connectivity index (χ3v) is 6.11. The molecule has 1 saturated heterocycles. The first-order chi connectivity index (χ1) is 14.3. The van der Waals surface area contributed by atoms with Crippen molar-refractivity contribution in [3.8, 4) is 5.75 Å². The number of nitrogens with zero attached hydrogens (tertiary/aromatic N) is 3. The number of anilines is 1. The Balaban J connectivity index is 1.46. The van der Waals surface area contributed by atoms with Crippen LogP contribution in [-0.4, -0.2) is 77.6 Å². The predicted octanol–water partition coefficient (Wildman–Crippen LogP) is 2.00. The second-order valence-electron chi connectivity index (χ2n) is 7.78. The lowest BCUT2D eigenvalue weighted by Crippen LogP contribution is -2.49. The first kappa shape index (κ1) is 22.2. The summed E-state index contributed by atoms with van der Waals surface area (Å²) in [5, 5.41) is 14.0. The molecule has 0 atom stereocenters. The van der Waals surface area contributed by atoms with E-state index in [1.54, 1.807) is 21.0 Å². The van der Waals surface area contributed by atoms with Crippen molar-refractivity contribution in [2.75, 3.05) is 45.7 Å². The number of carbonyl (C=O) groups excluding carboxylic acids is 2. The van der Waals surface area contributed by atoms with Gasteiger partial charge in [-0.25, -0.2) is 4.98 Å². The molecule has 162 valence electrons. The van der Waals surface area contributed by atoms with E-state index < -0.39 is 5.60 Å². The van der Waals surface area contributed by atoms with E-state index in [1.165, 1.54) is 16.2 Å². The van der Waals surface area contributed by atoms with Gasteiger partial charge >= 0.3 is 0 Å². The minimum absolute atomic E-state index is 0.126. The molecule has 2 heterocycles. The van der Waals surface area contributed by atoms with Crippen molar-refractivity contribution >= 4 is 28.3 Å². The van der Waals surface area contributed by atoms with Crippen LogP contribution in [0.25, 0.3) is 0 Å². The monoisotopic (exact) mass is 432 g/mol. The molecule has 0 radical (unpaired) electrons. The molecule has 2 aromatic rings. The van der Waals surface area contributed by atoms with Crippen molar-refractivity contribution in [3.05, 3.63) is 40.9 Å². The average Bonchev–Trinajstić information content (AvgIpc) is 3.08. The molecule has 1 aromatic carbocycles. The Morgan fingerprint density at radius 3 is 2.57 bits per heavy atom. The molecular formula is C21H28N4O4S. The van der Waals surface area contributed by atoms with Gasteiger partial charge in [-0.2, -0.15) is 0 Å². The van der Waals surface area contributed by atoms with Crippen molar-refractivity contribution in [1.29, 1.82) is 0 Å². The summed E-state index contributed by atoms with van der Waals surface area (Å²) < 4.78 is 5.71. The molecule has 1 aromatic heterocycles. The van der Waals surface area contributed by atoms with Gasteiger partial charge in [0, 0.05) is 27.2 Å². The van der Waals surface area contributed by atoms with Crippen LogP contribution in [0.5, 0.6) is 5.75 Å². The van der Waals surface area contributed by atoms with Gasteiger partial charge in [-0.1, -0.05) is 29.5 Å². The zero-order valence-electron chi connectivity index (χ0n) is 17.6. The highest BCUT2D eigenvalue weighted by Crippen LogP contribution is 2.25. The van der Waals surface area contributed by atoms with Crippen molar-refractivity contribution in [3.63, 3.8) is 0 Å². The number of ether oxygens (including phenoxy) is 1. The fourth-order valence-electron chi connectivity index (χ4n) is 3.22. The molecule has 30 heavy (non-hydrogen) atoms. The number of hydrogen-bond donors (Lipinski definition) is 2. The smallest absolute Gasteiger partial charge is 0.265 e. The maximum absolute atomic E-state index is 12.4. The Morgan fingerprint density at radius 1 is 1.27 bits per heavy atom. The van der Waals surface area contributed by atoms with Crippen LogP contribution in [0.1, 0.15) is 28.2 Å².